The Morgan fingerprint density at radius 2 is 1.81 bits per heavy atom. The van der Waals surface area contributed by atoms with Gasteiger partial charge >= 0.3 is 0 Å². The number of carbonyl (C=O) groups is 3. The number of sulfone groups is 1. The van der Waals surface area contributed by atoms with E-state index >= 15 is 0 Å². The summed E-state index contributed by atoms with van der Waals surface area (Å²) in [5, 5.41) is 14.5. The second kappa shape index (κ2) is 14.3. The smallest absolute Gasteiger partial charge is 0.251 e. The first-order valence-corrected chi connectivity index (χ1v) is 16.6. The summed E-state index contributed by atoms with van der Waals surface area (Å²) < 4.78 is 25.0. The lowest BCUT2D eigenvalue weighted by Crippen LogP contribution is -2.52. The van der Waals surface area contributed by atoms with Crippen LogP contribution in [0.5, 0.6) is 0 Å². The quantitative estimate of drug-likeness (QED) is 0.321. The van der Waals surface area contributed by atoms with Crippen LogP contribution < -0.4 is 16.0 Å². The highest BCUT2D eigenvalue weighted by atomic mass is 32.2. The molecular formula is C31H42N4O6S. The average Bonchev–Trinajstić information content (AvgIpc) is 3.40. The topological polar surface area (TPSA) is 150 Å². The van der Waals surface area contributed by atoms with Crippen LogP contribution in [0.15, 0.2) is 53.4 Å². The Morgan fingerprint density at radius 3 is 2.43 bits per heavy atom. The highest BCUT2D eigenvalue weighted by Gasteiger charge is 2.30. The molecule has 42 heavy (non-hydrogen) atoms. The minimum atomic E-state index is -3.68. The lowest BCUT2D eigenvalue weighted by atomic mass is 9.93. The Labute approximate surface area is 248 Å². The van der Waals surface area contributed by atoms with E-state index in [1.54, 1.807) is 0 Å². The number of rotatable bonds is 13. The minimum absolute atomic E-state index is 0.0556. The highest BCUT2D eigenvalue weighted by molar-refractivity contribution is 7.90. The van der Waals surface area contributed by atoms with Crippen LogP contribution in [0.4, 0.5) is 5.69 Å². The third-order valence-corrected chi connectivity index (χ3v) is 9.30. The van der Waals surface area contributed by atoms with Crippen LogP contribution in [-0.2, 0) is 25.8 Å². The van der Waals surface area contributed by atoms with Crippen LogP contribution in [0.25, 0.3) is 0 Å². The van der Waals surface area contributed by atoms with Gasteiger partial charge in [0.1, 0.15) is 0 Å². The molecule has 2 aromatic carbocycles. The molecule has 1 aliphatic heterocycles. The molecule has 1 heterocycles. The summed E-state index contributed by atoms with van der Waals surface area (Å²) in [4.78, 5) is 41.3. The number of primary amides is 1. The van der Waals surface area contributed by atoms with Crippen LogP contribution >= 0.6 is 0 Å². The van der Waals surface area contributed by atoms with Gasteiger partial charge in [-0.15, -0.1) is 0 Å². The second-order valence-corrected chi connectivity index (χ2v) is 13.5. The summed E-state index contributed by atoms with van der Waals surface area (Å²) in [5.74, 6) is -1.07. The molecule has 2 atom stereocenters. The third-order valence-electron chi connectivity index (χ3n) is 8.20. The second-order valence-electron chi connectivity index (χ2n) is 11.5. The van der Waals surface area contributed by atoms with Crippen molar-refractivity contribution >= 4 is 33.2 Å². The van der Waals surface area contributed by atoms with E-state index in [2.05, 4.69) is 10.2 Å². The molecule has 0 radical (unpaired) electrons. The van der Waals surface area contributed by atoms with Gasteiger partial charge in [0.25, 0.3) is 5.91 Å². The van der Waals surface area contributed by atoms with E-state index in [0.29, 0.717) is 38.0 Å². The lowest BCUT2D eigenvalue weighted by molar-refractivity contribution is -0.119. The van der Waals surface area contributed by atoms with Crippen LogP contribution in [0, 0.1) is 0 Å². The van der Waals surface area contributed by atoms with Crippen molar-refractivity contribution in [3.05, 3.63) is 59.7 Å². The molecule has 1 saturated heterocycles. The molecule has 11 heteroatoms. The van der Waals surface area contributed by atoms with Crippen molar-refractivity contribution in [3.63, 3.8) is 0 Å². The molecule has 4 N–H and O–H groups in total. The Kier molecular flexibility index (Phi) is 10.7. The summed E-state index contributed by atoms with van der Waals surface area (Å²) in [7, 11) is -3.68. The van der Waals surface area contributed by atoms with Gasteiger partial charge in [-0.2, -0.15) is 0 Å². The van der Waals surface area contributed by atoms with Gasteiger partial charge in [-0.3, -0.25) is 19.3 Å². The molecule has 0 spiro atoms. The number of aliphatic hydroxyl groups excluding tert-OH is 1. The van der Waals surface area contributed by atoms with Gasteiger partial charge in [0.15, 0.2) is 9.84 Å². The predicted molar refractivity (Wildman–Crippen MR) is 161 cm³/mol. The van der Waals surface area contributed by atoms with E-state index in [1.807, 2.05) is 30.3 Å². The van der Waals surface area contributed by atoms with E-state index in [-0.39, 0.29) is 35.4 Å². The number of aliphatic hydroxyl groups is 1. The Hall–Kier alpha value is -3.28. The maximum Gasteiger partial charge on any atom is 0.251 e. The van der Waals surface area contributed by atoms with Crippen LogP contribution in [-0.4, -0.2) is 80.2 Å². The Balaban J connectivity index is 1.61. The van der Waals surface area contributed by atoms with Crippen LogP contribution in [0.3, 0.4) is 0 Å². The molecule has 0 aromatic heterocycles. The molecule has 1 saturated carbocycles. The first-order valence-electron chi connectivity index (χ1n) is 14.7. The van der Waals surface area contributed by atoms with Crippen LogP contribution in [0.2, 0.25) is 0 Å². The van der Waals surface area contributed by atoms with Crippen LogP contribution in [0.1, 0.15) is 67.3 Å². The highest BCUT2D eigenvalue weighted by Crippen LogP contribution is 2.27. The van der Waals surface area contributed by atoms with E-state index in [1.165, 1.54) is 23.1 Å². The first kappa shape index (κ1) is 31.7. The number of hydrogen-bond acceptors (Lipinski definition) is 7. The van der Waals surface area contributed by atoms with E-state index in [4.69, 9.17) is 5.73 Å². The first-order chi connectivity index (χ1) is 20.0. The molecule has 0 bridgehead atoms. The summed E-state index contributed by atoms with van der Waals surface area (Å²) in [5.41, 5.74) is 6.82. The maximum atomic E-state index is 13.7. The average molecular weight is 599 g/mol. The number of amides is 3. The fraction of sp³-hybridized carbons (Fsp3) is 0.516. The third kappa shape index (κ3) is 8.62. The summed E-state index contributed by atoms with van der Waals surface area (Å²) >= 11 is 0. The van der Waals surface area contributed by atoms with Gasteiger partial charge in [0.2, 0.25) is 11.8 Å². The van der Waals surface area contributed by atoms with Crippen molar-refractivity contribution in [2.75, 3.05) is 30.8 Å². The van der Waals surface area contributed by atoms with Gasteiger partial charge < -0.3 is 21.1 Å². The number of hydrogen-bond donors (Lipinski definition) is 3. The normalized spacial score (nSPS) is 17.8. The van der Waals surface area contributed by atoms with Crippen molar-refractivity contribution in [2.24, 2.45) is 5.73 Å². The van der Waals surface area contributed by atoms with E-state index in [0.717, 1.165) is 43.9 Å². The van der Waals surface area contributed by atoms with E-state index in [9.17, 15) is 27.9 Å². The van der Waals surface area contributed by atoms with Gasteiger partial charge in [0.05, 0.1) is 17.0 Å². The van der Waals surface area contributed by atoms with Crippen molar-refractivity contribution in [3.8, 4) is 0 Å². The zero-order chi connectivity index (χ0) is 30.3. The number of nitrogens with zero attached hydrogens (tertiary/aromatic N) is 2. The maximum absolute atomic E-state index is 13.7. The number of nitrogens with two attached hydrogens (primary N) is 1. The van der Waals surface area contributed by atoms with Gasteiger partial charge in [-0.1, -0.05) is 49.6 Å². The number of benzene rings is 2. The Bertz CT molecular complexity index is 1360. The van der Waals surface area contributed by atoms with Crippen molar-refractivity contribution in [1.82, 2.24) is 10.2 Å². The van der Waals surface area contributed by atoms with Crippen molar-refractivity contribution in [1.29, 1.82) is 0 Å². The number of nitrogens with one attached hydrogen (secondary N) is 1. The number of carbonyl (C=O) groups excluding carboxylic acids is 3. The summed E-state index contributed by atoms with van der Waals surface area (Å²) in [6.07, 6.45) is 6.87. The molecule has 2 aliphatic rings. The summed E-state index contributed by atoms with van der Waals surface area (Å²) in [6.45, 7) is 1.12. The monoisotopic (exact) mass is 598 g/mol. The minimum Gasteiger partial charge on any atom is -0.390 e. The zero-order valence-corrected chi connectivity index (χ0v) is 25.0. The molecule has 2 fully saturated rings. The molecule has 2 aromatic rings. The molecule has 10 nitrogen and oxygen atoms in total. The number of anilines is 1. The molecule has 4 rings (SSSR count). The standard InChI is InChI=1S/C31H42N4O6S/c1-42(40,41)26-19-23(18-25(20-26)35-15-8-13-30(35)38)31(39)33-27(17-22-9-4-2-5-10-22)28(36)21-34(16-14-29(32)37)24-11-6-3-7-12-24/h2,4-5,9-10,18-20,24,27-28,36H,3,6-8,11-17,21H2,1H3,(H2,32,37)(H,33,39)/t27-,28-/m0/s1. The molecular weight excluding hydrogens is 556 g/mol. The Morgan fingerprint density at radius 1 is 1.10 bits per heavy atom. The van der Waals surface area contributed by atoms with Crippen molar-refractivity contribution < 1.29 is 27.9 Å². The van der Waals surface area contributed by atoms with E-state index < -0.39 is 33.8 Å². The largest absolute Gasteiger partial charge is 0.390 e. The molecule has 0 unspecified atom stereocenters. The van der Waals surface area contributed by atoms with Gasteiger partial charge in [-0.05, 0) is 49.4 Å². The zero-order valence-electron chi connectivity index (χ0n) is 24.2. The van der Waals surface area contributed by atoms with Gasteiger partial charge in [0, 0.05) is 56.0 Å². The fourth-order valence-corrected chi connectivity index (χ4v) is 6.57. The van der Waals surface area contributed by atoms with Gasteiger partial charge in [-0.25, -0.2) is 8.42 Å². The summed E-state index contributed by atoms with van der Waals surface area (Å²) in [6, 6.07) is 13.3. The molecule has 3 amide bonds. The van der Waals surface area contributed by atoms with Crippen molar-refractivity contribution in [2.45, 2.75) is 80.9 Å². The fourth-order valence-electron chi connectivity index (χ4n) is 5.90. The molecule has 1 aliphatic carbocycles. The lowest BCUT2D eigenvalue weighted by Gasteiger charge is -2.37. The SMILES string of the molecule is CS(=O)(=O)c1cc(C(=O)N[C@@H](Cc2ccccc2)[C@@H](O)CN(CCC(N)=O)C2CCCCC2)cc(N2CCCC2=O)c1. The predicted octanol–water partition coefficient (Wildman–Crippen LogP) is 2.43. The molecule has 228 valence electrons.